The fraction of sp³-hybridized carbons (Fsp3) is 0.226. The van der Waals surface area contributed by atoms with Crippen LogP contribution in [0, 0.1) is 11.3 Å². The van der Waals surface area contributed by atoms with E-state index in [1.807, 2.05) is 42.6 Å². The Hall–Kier alpha value is -4.74. The van der Waals surface area contributed by atoms with Crippen molar-refractivity contribution in [3.05, 3.63) is 100.0 Å². The number of carbonyl (C=O) groups excluding carboxylic acids is 1. The maximum atomic E-state index is 14.0. The first-order valence-electron chi connectivity index (χ1n) is 12.9. The summed E-state index contributed by atoms with van der Waals surface area (Å²) in [4.78, 5) is 31.0. The maximum absolute atomic E-state index is 14.0. The van der Waals surface area contributed by atoms with E-state index < -0.39 is 5.97 Å². The normalized spacial score (nSPS) is 11.1. The van der Waals surface area contributed by atoms with Gasteiger partial charge in [-0.1, -0.05) is 36.8 Å². The van der Waals surface area contributed by atoms with Crippen molar-refractivity contribution in [3.63, 3.8) is 0 Å². The monoisotopic (exact) mass is 519 g/mol. The number of hydrogen-bond donors (Lipinski definition) is 1. The molecule has 0 aliphatic heterocycles. The summed E-state index contributed by atoms with van der Waals surface area (Å²) < 4.78 is 8.71. The summed E-state index contributed by atoms with van der Waals surface area (Å²) in [7, 11) is 1.33. The molecule has 5 aromatic rings. The number of para-hydroxylation sites is 1. The Labute approximate surface area is 225 Å². The van der Waals surface area contributed by atoms with E-state index in [0.717, 1.165) is 41.3 Å². The molecule has 0 bridgehead atoms. The van der Waals surface area contributed by atoms with Crippen LogP contribution in [-0.4, -0.2) is 33.7 Å². The second kappa shape index (κ2) is 11.3. The van der Waals surface area contributed by atoms with Gasteiger partial charge in [0.15, 0.2) is 0 Å². The third-order valence-electron chi connectivity index (χ3n) is 6.93. The van der Waals surface area contributed by atoms with Crippen molar-refractivity contribution in [2.75, 3.05) is 13.7 Å². The molecule has 0 unspecified atom stereocenters. The number of unbranched alkanes of at least 4 members (excludes halogenated alkanes) is 2. The molecule has 0 aliphatic rings. The third kappa shape index (κ3) is 5.17. The fourth-order valence-electron chi connectivity index (χ4n) is 4.92. The summed E-state index contributed by atoms with van der Waals surface area (Å²) in [5, 5.41) is 10.1. The minimum atomic E-state index is -0.464. The predicted molar refractivity (Wildman–Crippen MR) is 151 cm³/mol. The van der Waals surface area contributed by atoms with E-state index in [4.69, 9.17) is 20.7 Å². The quantitative estimate of drug-likeness (QED) is 0.220. The van der Waals surface area contributed by atoms with E-state index in [9.17, 15) is 9.59 Å². The minimum Gasteiger partial charge on any atom is -0.465 e. The number of aromatic nitrogens is 3. The zero-order valence-electron chi connectivity index (χ0n) is 21.8. The summed E-state index contributed by atoms with van der Waals surface area (Å²) in [6, 6.07) is 22.7. The molecule has 0 saturated heterocycles. The van der Waals surface area contributed by atoms with Gasteiger partial charge in [-0.2, -0.15) is 5.26 Å². The van der Waals surface area contributed by atoms with Gasteiger partial charge in [-0.15, -0.1) is 0 Å². The number of benzene rings is 3. The first-order chi connectivity index (χ1) is 19.0. The molecule has 0 aliphatic carbocycles. The molecule has 0 fully saturated rings. The van der Waals surface area contributed by atoms with Crippen LogP contribution in [0.3, 0.4) is 0 Å². The lowest BCUT2D eigenvalue weighted by molar-refractivity contribution is 0.0601. The highest BCUT2D eigenvalue weighted by Gasteiger charge is 2.19. The van der Waals surface area contributed by atoms with Crippen LogP contribution < -0.4 is 11.3 Å². The van der Waals surface area contributed by atoms with E-state index in [0.29, 0.717) is 47.5 Å². The van der Waals surface area contributed by atoms with Gasteiger partial charge in [0.05, 0.1) is 35.3 Å². The number of esters is 1. The molecule has 0 spiro atoms. The molecular formula is C31H29N5O3. The molecule has 2 heterocycles. The highest BCUT2D eigenvalue weighted by molar-refractivity contribution is 5.97. The van der Waals surface area contributed by atoms with Crippen molar-refractivity contribution in [1.82, 2.24) is 14.1 Å². The molecule has 0 atom stereocenters. The van der Waals surface area contributed by atoms with Crippen molar-refractivity contribution in [2.24, 2.45) is 5.73 Å². The van der Waals surface area contributed by atoms with Crippen LogP contribution in [0.4, 0.5) is 0 Å². The lowest BCUT2D eigenvalue weighted by Crippen LogP contribution is -2.24. The molecule has 2 N–H and O–H groups in total. The van der Waals surface area contributed by atoms with Gasteiger partial charge >= 0.3 is 5.97 Å². The Morgan fingerprint density at radius 2 is 1.82 bits per heavy atom. The van der Waals surface area contributed by atoms with E-state index in [-0.39, 0.29) is 5.56 Å². The van der Waals surface area contributed by atoms with Crippen LogP contribution in [0.2, 0.25) is 0 Å². The van der Waals surface area contributed by atoms with E-state index in [1.165, 1.54) is 7.11 Å². The van der Waals surface area contributed by atoms with Gasteiger partial charge in [-0.05, 0) is 61.3 Å². The molecule has 39 heavy (non-hydrogen) atoms. The van der Waals surface area contributed by atoms with Crippen molar-refractivity contribution in [2.45, 2.75) is 32.4 Å². The van der Waals surface area contributed by atoms with E-state index in [2.05, 4.69) is 10.6 Å². The third-order valence-corrected chi connectivity index (χ3v) is 6.93. The van der Waals surface area contributed by atoms with E-state index >= 15 is 0 Å². The Balaban J connectivity index is 1.65. The first kappa shape index (κ1) is 25.9. The molecular weight excluding hydrogens is 490 g/mol. The van der Waals surface area contributed by atoms with Crippen LogP contribution in [0.5, 0.6) is 0 Å². The molecule has 0 saturated carbocycles. The van der Waals surface area contributed by atoms with Crippen LogP contribution in [0.1, 0.15) is 40.7 Å². The topological polar surface area (TPSA) is 116 Å². The van der Waals surface area contributed by atoms with Gasteiger partial charge in [0.1, 0.15) is 5.69 Å². The second-order valence-corrected chi connectivity index (χ2v) is 9.46. The van der Waals surface area contributed by atoms with Crippen molar-refractivity contribution in [1.29, 1.82) is 5.26 Å². The number of fused-ring (bicyclic) bond motifs is 2. The van der Waals surface area contributed by atoms with Crippen LogP contribution in [-0.2, 0) is 17.8 Å². The predicted octanol–water partition coefficient (Wildman–Crippen LogP) is 4.85. The zero-order chi connectivity index (χ0) is 27.4. The summed E-state index contributed by atoms with van der Waals surface area (Å²) in [5.74, 6) is -0.464. The minimum absolute atomic E-state index is 0.210. The second-order valence-electron chi connectivity index (χ2n) is 9.46. The van der Waals surface area contributed by atoms with Gasteiger partial charge in [-0.25, -0.2) is 9.78 Å². The summed E-state index contributed by atoms with van der Waals surface area (Å²) >= 11 is 0. The zero-order valence-corrected chi connectivity index (χ0v) is 21.8. The van der Waals surface area contributed by atoms with Crippen LogP contribution in [0.15, 0.2) is 77.7 Å². The van der Waals surface area contributed by atoms with Crippen molar-refractivity contribution in [3.8, 4) is 17.3 Å². The number of aryl methyl sites for hydroxylation is 1. The van der Waals surface area contributed by atoms with Crippen molar-refractivity contribution < 1.29 is 9.53 Å². The average molecular weight is 520 g/mol. The fourth-order valence-corrected chi connectivity index (χ4v) is 4.92. The summed E-state index contributed by atoms with van der Waals surface area (Å²) in [6.45, 7) is 1.66. The largest absolute Gasteiger partial charge is 0.465 e. The lowest BCUT2D eigenvalue weighted by Gasteiger charge is -2.13. The summed E-state index contributed by atoms with van der Waals surface area (Å²) in [6.07, 6.45) is 4.52. The summed E-state index contributed by atoms with van der Waals surface area (Å²) in [5.41, 5.74) is 10.8. The van der Waals surface area contributed by atoms with Gasteiger partial charge in [-0.3, -0.25) is 4.79 Å². The Bertz CT molecular complexity index is 1760. The molecule has 8 heteroatoms. The molecule has 5 rings (SSSR count). The molecule has 2 aromatic heterocycles. The Kier molecular flexibility index (Phi) is 7.53. The van der Waals surface area contributed by atoms with Crippen LogP contribution >= 0.6 is 0 Å². The number of nitrogens with zero attached hydrogens (tertiary/aromatic N) is 4. The molecule has 3 aromatic carbocycles. The average Bonchev–Trinajstić information content (AvgIpc) is 3.33. The number of methoxy groups -OCH3 is 1. The number of carbonyl (C=O) groups is 1. The highest BCUT2D eigenvalue weighted by Crippen LogP contribution is 2.30. The molecule has 0 amide bonds. The molecule has 196 valence electrons. The lowest BCUT2D eigenvalue weighted by atomic mass is 10.1. The number of ether oxygens (including phenoxy) is 1. The van der Waals surface area contributed by atoms with Crippen LogP contribution in [0.25, 0.3) is 33.2 Å². The smallest absolute Gasteiger partial charge is 0.337 e. The maximum Gasteiger partial charge on any atom is 0.337 e. The SMILES string of the molecule is COC(=O)c1ccc2nc(-c3cn(Cc4ccc(C#N)cc4)c4ccccc34)c(=O)n(CCCCCN)c2c1. The van der Waals surface area contributed by atoms with Gasteiger partial charge < -0.3 is 19.6 Å². The van der Waals surface area contributed by atoms with Gasteiger partial charge in [0.25, 0.3) is 5.56 Å². The number of nitriles is 1. The number of rotatable bonds is 9. The van der Waals surface area contributed by atoms with E-state index in [1.54, 1.807) is 34.9 Å². The highest BCUT2D eigenvalue weighted by atomic mass is 16.5. The number of nitrogens with two attached hydrogens (primary N) is 1. The number of hydrogen-bond acceptors (Lipinski definition) is 6. The van der Waals surface area contributed by atoms with Gasteiger partial charge in [0, 0.05) is 35.8 Å². The van der Waals surface area contributed by atoms with Crippen molar-refractivity contribution >= 4 is 27.9 Å². The standard InChI is InChI=1S/C31H29N5O3/c1-39-31(38)23-13-14-26-28(17-23)36(16-6-2-5-15-32)30(37)29(34-26)25-20-35(27-8-4-3-7-24(25)27)19-22-11-9-21(18-33)10-12-22/h3-4,7-14,17,20H,2,5-6,15-16,19,32H2,1H3. The van der Waals surface area contributed by atoms with Gasteiger partial charge in [0.2, 0.25) is 0 Å². The molecule has 0 radical (unpaired) electrons. The Morgan fingerprint density at radius 1 is 1.03 bits per heavy atom. The Morgan fingerprint density at radius 3 is 2.56 bits per heavy atom. The molecule has 8 nitrogen and oxygen atoms in total. The first-order valence-corrected chi connectivity index (χ1v) is 12.9.